The Kier molecular flexibility index (Phi) is 4.83. The zero-order chi connectivity index (χ0) is 12.0. The molecule has 0 bridgehead atoms. The second-order valence-corrected chi connectivity index (χ2v) is 3.70. The highest BCUT2D eigenvalue weighted by molar-refractivity contribution is 5.66. The lowest BCUT2D eigenvalue weighted by Gasteiger charge is -2.11. The summed E-state index contributed by atoms with van der Waals surface area (Å²) >= 11 is 0. The molecular formula is C13H18O3. The Bertz CT molecular complexity index is 358. The SMILES string of the molecule is CCc1c(CCCC(=O)O)cccc1OC. The van der Waals surface area contributed by atoms with Crippen LogP contribution in [0.3, 0.4) is 0 Å². The average Bonchev–Trinajstić information content (AvgIpc) is 2.28. The van der Waals surface area contributed by atoms with E-state index in [1.54, 1.807) is 7.11 Å². The van der Waals surface area contributed by atoms with Gasteiger partial charge in [0.2, 0.25) is 0 Å². The number of carbonyl (C=O) groups is 1. The smallest absolute Gasteiger partial charge is 0.303 e. The lowest BCUT2D eigenvalue weighted by Crippen LogP contribution is -2.00. The number of hydrogen-bond acceptors (Lipinski definition) is 2. The maximum absolute atomic E-state index is 10.4. The third-order valence-corrected chi connectivity index (χ3v) is 2.64. The van der Waals surface area contributed by atoms with Crippen molar-refractivity contribution in [3.8, 4) is 5.75 Å². The Morgan fingerprint density at radius 3 is 2.75 bits per heavy atom. The van der Waals surface area contributed by atoms with E-state index in [9.17, 15) is 4.79 Å². The fourth-order valence-corrected chi connectivity index (χ4v) is 1.87. The van der Waals surface area contributed by atoms with Gasteiger partial charge in [-0.2, -0.15) is 0 Å². The van der Waals surface area contributed by atoms with Crippen molar-refractivity contribution >= 4 is 5.97 Å². The summed E-state index contributed by atoms with van der Waals surface area (Å²) in [5.41, 5.74) is 2.39. The molecule has 0 amide bonds. The van der Waals surface area contributed by atoms with Gasteiger partial charge >= 0.3 is 5.97 Å². The van der Waals surface area contributed by atoms with Crippen molar-refractivity contribution in [2.24, 2.45) is 0 Å². The van der Waals surface area contributed by atoms with Crippen LogP contribution in [0.2, 0.25) is 0 Å². The number of carboxylic acid groups (broad SMARTS) is 1. The van der Waals surface area contributed by atoms with E-state index in [4.69, 9.17) is 9.84 Å². The van der Waals surface area contributed by atoms with Crippen LogP contribution in [0.15, 0.2) is 18.2 Å². The van der Waals surface area contributed by atoms with Crippen LogP contribution in [0.5, 0.6) is 5.75 Å². The predicted octanol–water partition coefficient (Wildman–Crippen LogP) is 2.66. The Balaban J connectivity index is 2.74. The fraction of sp³-hybridized carbons (Fsp3) is 0.462. The molecule has 0 unspecified atom stereocenters. The van der Waals surface area contributed by atoms with E-state index in [0.717, 1.165) is 18.6 Å². The number of ether oxygens (including phenoxy) is 1. The first-order valence-corrected chi connectivity index (χ1v) is 5.55. The predicted molar refractivity (Wildman–Crippen MR) is 62.9 cm³/mol. The van der Waals surface area contributed by atoms with Crippen LogP contribution in [0.1, 0.15) is 30.9 Å². The Hall–Kier alpha value is -1.51. The highest BCUT2D eigenvalue weighted by Crippen LogP contribution is 2.24. The Morgan fingerprint density at radius 2 is 2.19 bits per heavy atom. The van der Waals surface area contributed by atoms with Crippen LogP contribution < -0.4 is 4.74 Å². The summed E-state index contributed by atoms with van der Waals surface area (Å²) in [7, 11) is 1.66. The molecule has 3 nitrogen and oxygen atoms in total. The molecule has 1 aromatic carbocycles. The van der Waals surface area contributed by atoms with Crippen molar-refractivity contribution in [2.75, 3.05) is 7.11 Å². The van der Waals surface area contributed by atoms with Gasteiger partial charge in [0.05, 0.1) is 7.11 Å². The lowest BCUT2D eigenvalue weighted by atomic mass is 9.99. The van der Waals surface area contributed by atoms with Crippen molar-refractivity contribution in [3.63, 3.8) is 0 Å². The molecule has 0 fully saturated rings. The van der Waals surface area contributed by atoms with Crippen molar-refractivity contribution in [3.05, 3.63) is 29.3 Å². The van der Waals surface area contributed by atoms with E-state index >= 15 is 0 Å². The second-order valence-electron chi connectivity index (χ2n) is 3.70. The van der Waals surface area contributed by atoms with Gasteiger partial charge in [-0.05, 0) is 36.5 Å². The van der Waals surface area contributed by atoms with Gasteiger partial charge in [0, 0.05) is 6.42 Å². The third kappa shape index (κ3) is 3.26. The van der Waals surface area contributed by atoms with Gasteiger partial charge < -0.3 is 9.84 Å². The highest BCUT2D eigenvalue weighted by Gasteiger charge is 2.07. The molecule has 16 heavy (non-hydrogen) atoms. The molecule has 0 spiro atoms. The fourth-order valence-electron chi connectivity index (χ4n) is 1.87. The van der Waals surface area contributed by atoms with Crippen LogP contribution in [-0.2, 0) is 17.6 Å². The molecule has 1 N–H and O–H groups in total. The highest BCUT2D eigenvalue weighted by atomic mass is 16.5. The van der Waals surface area contributed by atoms with Crippen LogP contribution in [0, 0.1) is 0 Å². The van der Waals surface area contributed by atoms with Crippen molar-refractivity contribution in [1.82, 2.24) is 0 Å². The summed E-state index contributed by atoms with van der Waals surface area (Å²) < 4.78 is 5.29. The summed E-state index contributed by atoms with van der Waals surface area (Å²) in [6.07, 6.45) is 2.61. The monoisotopic (exact) mass is 222 g/mol. The number of methoxy groups -OCH3 is 1. The van der Waals surface area contributed by atoms with Crippen LogP contribution in [-0.4, -0.2) is 18.2 Å². The van der Waals surface area contributed by atoms with Crippen LogP contribution in [0.25, 0.3) is 0 Å². The summed E-state index contributed by atoms with van der Waals surface area (Å²) in [5, 5.41) is 8.59. The van der Waals surface area contributed by atoms with Crippen LogP contribution in [0.4, 0.5) is 0 Å². The zero-order valence-electron chi connectivity index (χ0n) is 9.82. The minimum Gasteiger partial charge on any atom is -0.496 e. The maximum atomic E-state index is 10.4. The molecule has 0 atom stereocenters. The maximum Gasteiger partial charge on any atom is 0.303 e. The van der Waals surface area contributed by atoms with Gasteiger partial charge in [0.1, 0.15) is 5.75 Å². The number of aryl methyl sites for hydroxylation is 1. The first kappa shape index (κ1) is 12.6. The van der Waals surface area contributed by atoms with Gasteiger partial charge in [-0.15, -0.1) is 0 Å². The van der Waals surface area contributed by atoms with Crippen molar-refractivity contribution in [1.29, 1.82) is 0 Å². The quantitative estimate of drug-likeness (QED) is 0.804. The van der Waals surface area contributed by atoms with Gasteiger partial charge in [0.25, 0.3) is 0 Å². The number of hydrogen-bond donors (Lipinski definition) is 1. The normalized spacial score (nSPS) is 10.1. The molecule has 0 radical (unpaired) electrons. The lowest BCUT2D eigenvalue weighted by molar-refractivity contribution is -0.137. The van der Waals surface area contributed by atoms with Crippen LogP contribution >= 0.6 is 0 Å². The number of carboxylic acids is 1. The molecular weight excluding hydrogens is 204 g/mol. The summed E-state index contributed by atoms with van der Waals surface area (Å²) in [6.45, 7) is 2.08. The van der Waals surface area contributed by atoms with E-state index in [-0.39, 0.29) is 6.42 Å². The first-order chi connectivity index (χ1) is 7.69. The first-order valence-electron chi connectivity index (χ1n) is 5.55. The summed E-state index contributed by atoms with van der Waals surface area (Å²) in [4.78, 5) is 10.4. The Labute approximate surface area is 96.1 Å². The number of aliphatic carboxylic acids is 1. The van der Waals surface area contributed by atoms with E-state index in [1.807, 2.05) is 18.2 Å². The van der Waals surface area contributed by atoms with E-state index in [0.29, 0.717) is 6.42 Å². The molecule has 0 aliphatic heterocycles. The average molecular weight is 222 g/mol. The van der Waals surface area contributed by atoms with Gasteiger partial charge in [-0.1, -0.05) is 19.1 Å². The molecule has 0 aliphatic rings. The third-order valence-electron chi connectivity index (χ3n) is 2.64. The zero-order valence-corrected chi connectivity index (χ0v) is 9.82. The van der Waals surface area contributed by atoms with Crippen molar-refractivity contribution in [2.45, 2.75) is 32.6 Å². The molecule has 0 heterocycles. The Morgan fingerprint density at radius 1 is 1.44 bits per heavy atom. The van der Waals surface area contributed by atoms with Crippen molar-refractivity contribution < 1.29 is 14.6 Å². The molecule has 0 aromatic heterocycles. The number of rotatable bonds is 6. The molecule has 88 valence electrons. The van der Waals surface area contributed by atoms with Gasteiger partial charge in [0.15, 0.2) is 0 Å². The minimum absolute atomic E-state index is 0.223. The molecule has 3 heteroatoms. The standard InChI is InChI=1S/C13H18O3/c1-3-11-10(7-5-9-13(14)15)6-4-8-12(11)16-2/h4,6,8H,3,5,7,9H2,1-2H3,(H,14,15). The van der Waals surface area contributed by atoms with E-state index in [1.165, 1.54) is 11.1 Å². The summed E-state index contributed by atoms with van der Waals surface area (Å²) in [6, 6.07) is 5.94. The number of benzene rings is 1. The minimum atomic E-state index is -0.735. The second kappa shape index (κ2) is 6.16. The van der Waals surface area contributed by atoms with Gasteiger partial charge in [-0.25, -0.2) is 0 Å². The van der Waals surface area contributed by atoms with E-state index in [2.05, 4.69) is 6.92 Å². The molecule has 1 rings (SSSR count). The molecule has 0 aliphatic carbocycles. The topological polar surface area (TPSA) is 46.5 Å². The largest absolute Gasteiger partial charge is 0.496 e. The summed E-state index contributed by atoms with van der Waals surface area (Å²) in [5.74, 6) is 0.163. The molecule has 0 saturated heterocycles. The molecule has 0 saturated carbocycles. The van der Waals surface area contributed by atoms with Gasteiger partial charge in [-0.3, -0.25) is 4.79 Å². The van der Waals surface area contributed by atoms with E-state index < -0.39 is 5.97 Å². The molecule has 1 aromatic rings.